The Morgan fingerprint density at radius 3 is 2.19 bits per heavy atom. The molecular formula is C12H12F4N2O3. The molecule has 2 amide bonds. The highest BCUT2D eigenvalue weighted by atomic mass is 19.2. The average Bonchev–Trinajstić information content (AvgIpc) is 2.38. The first kappa shape index (κ1) is 16.7. The molecule has 0 aliphatic rings. The fourth-order valence-corrected chi connectivity index (χ4v) is 1.48. The molecule has 9 heteroatoms. The fourth-order valence-electron chi connectivity index (χ4n) is 1.48. The van der Waals surface area contributed by atoms with Crippen LogP contribution in [-0.4, -0.2) is 23.7 Å². The molecule has 0 fully saturated rings. The number of carboxylic acids is 1. The van der Waals surface area contributed by atoms with Gasteiger partial charge in [-0.05, 0) is 5.92 Å². The first-order valence-electron chi connectivity index (χ1n) is 5.82. The van der Waals surface area contributed by atoms with Gasteiger partial charge in [-0.3, -0.25) is 4.79 Å². The number of benzene rings is 1. The molecule has 1 unspecified atom stereocenters. The topological polar surface area (TPSA) is 78.4 Å². The van der Waals surface area contributed by atoms with Crippen molar-refractivity contribution in [2.45, 2.75) is 13.3 Å². The molecule has 5 nitrogen and oxygen atoms in total. The van der Waals surface area contributed by atoms with E-state index in [0.717, 1.165) is 0 Å². The lowest BCUT2D eigenvalue weighted by molar-refractivity contribution is -0.137. The van der Waals surface area contributed by atoms with Gasteiger partial charge in [-0.15, -0.1) is 0 Å². The number of carbonyl (C=O) groups excluding carboxylic acids is 1. The molecule has 21 heavy (non-hydrogen) atoms. The van der Waals surface area contributed by atoms with E-state index in [0.29, 0.717) is 0 Å². The van der Waals surface area contributed by atoms with Gasteiger partial charge in [-0.2, -0.15) is 0 Å². The molecule has 0 saturated heterocycles. The number of carboxylic acid groups (broad SMARTS) is 1. The quantitative estimate of drug-likeness (QED) is 0.577. The van der Waals surface area contributed by atoms with Gasteiger partial charge in [0, 0.05) is 19.0 Å². The smallest absolute Gasteiger partial charge is 0.319 e. The summed E-state index contributed by atoms with van der Waals surface area (Å²) in [6.07, 6.45) is -0.225. The van der Waals surface area contributed by atoms with Gasteiger partial charge in [-0.1, -0.05) is 6.92 Å². The van der Waals surface area contributed by atoms with Crippen molar-refractivity contribution in [2.24, 2.45) is 5.92 Å². The van der Waals surface area contributed by atoms with Crippen LogP contribution in [0.5, 0.6) is 0 Å². The van der Waals surface area contributed by atoms with Gasteiger partial charge in [0.05, 0.1) is 0 Å². The molecule has 0 heterocycles. The van der Waals surface area contributed by atoms with Crippen molar-refractivity contribution in [3.8, 4) is 0 Å². The van der Waals surface area contributed by atoms with Crippen LogP contribution >= 0.6 is 0 Å². The summed E-state index contributed by atoms with van der Waals surface area (Å²) in [5.74, 6) is -8.28. The summed E-state index contributed by atoms with van der Waals surface area (Å²) in [4.78, 5) is 21.8. The van der Waals surface area contributed by atoms with Crippen LogP contribution < -0.4 is 10.6 Å². The summed E-state index contributed by atoms with van der Waals surface area (Å²) < 4.78 is 52.4. The largest absolute Gasteiger partial charge is 0.481 e. The van der Waals surface area contributed by atoms with Crippen LogP contribution in [0.3, 0.4) is 0 Å². The van der Waals surface area contributed by atoms with E-state index in [-0.39, 0.29) is 19.0 Å². The lowest BCUT2D eigenvalue weighted by Crippen LogP contribution is -2.33. The number of nitrogens with one attached hydrogen (secondary N) is 2. The molecule has 1 rings (SSSR count). The van der Waals surface area contributed by atoms with E-state index in [9.17, 15) is 27.2 Å². The lowest BCUT2D eigenvalue weighted by atomic mass is 10.1. The number of hydrogen-bond acceptors (Lipinski definition) is 2. The second kappa shape index (κ2) is 6.91. The number of amides is 2. The Hall–Kier alpha value is -2.32. The summed E-state index contributed by atoms with van der Waals surface area (Å²) in [7, 11) is 0. The molecule has 0 aliphatic heterocycles. The van der Waals surface area contributed by atoms with Crippen LogP contribution in [0.1, 0.15) is 13.3 Å². The van der Waals surface area contributed by atoms with Gasteiger partial charge in [-0.25, -0.2) is 22.4 Å². The third kappa shape index (κ3) is 4.62. The number of urea groups is 1. The zero-order valence-corrected chi connectivity index (χ0v) is 10.8. The predicted molar refractivity (Wildman–Crippen MR) is 64.7 cm³/mol. The monoisotopic (exact) mass is 308 g/mol. The number of halogens is 4. The normalized spacial score (nSPS) is 11.9. The Morgan fingerprint density at radius 2 is 1.71 bits per heavy atom. The van der Waals surface area contributed by atoms with Crippen molar-refractivity contribution < 1.29 is 32.3 Å². The molecule has 0 bridgehead atoms. The zero-order chi connectivity index (χ0) is 16.2. The molecule has 1 aromatic carbocycles. The minimum absolute atomic E-state index is 0.0166. The zero-order valence-electron chi connectivity index (χ0n) is 10.8. The highest BCUT2D eigenvalue weighted by molar-refractivity contribution is 5.89. The molecule has 3 N–H and O–H groups in total. The standard InChI is InChI=1S/C12H12F4N2O3/c1-5(2-8(19)20)4-17-12(21)18-11-9(15)6(13)3-7(14)10(11)16/h3,5H,2,4H2,1H3,(H,19,20)(H2,17,18,21). The Kier molecular flexibility index (Phi) is 5.51. The molecule has 0 radical (unpaired) electrons. The Balaban J connectivity index is 2.70. The van der Waals surface area contributed by atoms with E-state index in [1.165, 1.54) is 6.92 Å². The van der Waals surface area contributed by atoms with E-state index in [2.05, 4.69) is 5.32 Å². The van der Waals surface area contributed by atoms with Crippen molar-refractivity contribution in [1.29, 1.82) is 0 Å². The van der Waals surface area contributed by atoms with Crippen molar-refractivity contribution in [1.82, 2.24) is 5.32 Å². The SMILES string of the molecule is CC(CNC(=O)Nc1c(F)c(F)cc(F)c1F)CC(=O)O. The first-order valence-corrected chi connectivity index (χ1v) is 5.82. The van der Waals surface area contributed by atoms with Crippen LogP contribution in [0.15, 0.2) is 6.07 Å². The highest BCUT2D eigenvalue weighted by Gasteiger charge is 2.21. The second-order valence-corrected chi connectivity index (χ2v) is 4.38. The molecule has 1 aromatic rings. The molecular weight excluding hydrogens is 296 g/mol. The lowest BCUT2D eigenvalue weighted by Gasteiger charge is -2.12. The van der Waals surface area contributed by atoms with E-state index >= 15 is 0 Å². The highest BCUT2D eigenvalue weighted by Crippen LogP contribution is 2.23. The van der Waals surface area contributed by atoms with Gasteiger partial charge in [0.25, 0.3) is 0 Å². The van der Waals surface area contributed by atoms with E-state index in [4.69, 9.17) is 5.11 Å². The Labute approximate surface area is 117 Å². The van der Waals surface area contributed by atoms with E-state index < -0.39 is 46.9 Å². The average molecular weight is 308 g/mol. The molecule has 116 valence electrons. The van der Waals surface area contributed by atoms with Crippen LogP contribution in [0.25, 0.3) is 0 Å². The molecule has 0 spiro atoms. The number of hydrogen-bond donors (Lipinski definition) is 3. The third-order valence-electron chi connectivity index (χ3n) is 2.48. The Morgan fingerprint density at radius 1 is 1.19 bits per heavy atom. The van der Waals surface area contributed by atoms with Crippen molar-refractivity contribution in [3.05, 3.63) is 29.3 Å². The second-order valence-electron chi connectivity index (χ2n) is 4.38. The van der Waals surface area contributed by atoms with Crippen molar-refractivity contribution in [2.75, 3.05) is 11.9 Å². The van der Waals surface area contributed by atoms with Gasteiger partial charge in [0.2, 0.25) is 0 Å². The predicted octanol–water partition coefficient (Wildman–Crippen LogP) is 2.48. The van der Waals surface area contributed by atoms with Crippen LogP contribution in [0.2, 0.25) is 0 Å². The Bertz CT molecular complexity index is 540. The van der Waals surface area contributed by atoms with Gasteiger partial charge < -0.3 is 15.7 Å². The number of anilines is 1. The molecule has 0 aromatic heterocycles. The van der Waals surface area contributed by atoms with Gasteiger partial charge >= 0.3 is 12.0 Å². The summed E-state index contributed by atoms with van der Waals surface area (Å²) >= 11 is 0. The minimum Gasteiger partial charge on any atom is -0.481 e. The maximum absolute atomic E-state index is 13.3. The molecule has 0 saturated carbocycles. The van der Waals surface area contributed by atoms with Crippen molar-refractivity contribution >= 4 is 17.7 Å². The molecule has 0 aliphatic carbocycles. The maximum atomic E-state index is 13.3. The van der Waals surface area contributed by atoms with Crippen LogP contribution in [-0.2, 0) is 4.79 Å². The summed E-state index contributed by atoms with van der Waals surface area (Å²) in [6.45, 7) is 1.43. The summed E-state index contributed by atoms with van der Waals surface area (Å²) in [5, 5.41) is 12.3. The number of carbonyl (C=O) groups is 2. The number of aliphatic carboxylic acids is 1. The summed E-state index contributed by atoms with van der Waals surface area (Å²) in [5.41, 5.74) is -1.25. The summed E-state index contributed by atoms with van der Waals surface area (Å²) in [6, 6.07) is -1.10. The fraction of sp³-hybridized carbons (Fsp3) is 0.333. The molecule has 1 atom stereocenters. The van der Waals surface area contributed by atoms with Gasteiger partial charge in [0.1, 0.15) is 5.69 Å². The third-order valence-corrected chi connectivity index (χ3v) is 2.48. The van der Waals surface area contributed by atoms with E-state index in [1.54, 1.807) is 5.32 Å². The number of rotatable bonds is 5. The minimum atomic E-state index is -1.73. The maximum Gasteiger partial charge on any atom is 0.319 e. The van der Waals surface area contributed by atoms with Crippen LogP contribution in [0.4, 0.5) is 28.0 Å². The van der Waals surface area contributed by atoms with Crippen molar-refractivity contribution in [3.63, 3.8) is 0 Å². The first-order chi connectivity index (χ1) is 9.72. The van der Waals surface area contributed by atoms with E-state index in [1.807, 2.05) is 0 Å². The van der Waals surface area contributed by atoms with Gasteiger partial charge in [0.15, 0.2) is 23.3 Å². The van der Waals surface area contributed by atoms with Crippen LogP contribution in [0, 0.1) is 29.2 Å².